The molecule has 0 saturated carbocycles. The molecule has 0 spiro atoms. The van der Waals surface area contributed by atoms with E-state index in [0.29, 0.717) is 29.8 Å². The molecule has 0 fully saturated rings. The highest BCUT2D eigenvalue weighted by Gasteiger charge is 2.07. The van der Waals surface area contributed by atoms with E-state index >= 15 is 0 Å². The monoisotopic (exact) mass is 367 g/mol. The normalized spacial score (nSPS) is 10.6. The summed E-state index contributed by atoms with van der Waals surface area (Å²) in [5.74, 6) is 0.370. The van der Waals surface area contributed by atoms with Crippen LogP contribution in [0.1, 0.15) is 0 Å². The second-order valence-corrected chi connectivity index (χ2v) is 6.16. The maximum atomic E-state index is 12.4. The molecule has 1 aromatic carbocycles. The fourth-order valence-corrected chi connectivity index (χ4v) is 2.51. The molecule has 0 aliphatic heterocycles. The Balaban J connectivity index is 1.51. The van der Waals surface area contributed by atoms with Gasteiger partial charge in [0.05, 0.1) is 29.1 Å². The molecule has 2 N–H and O–H groups in total. The first-order valence-corrected chi connectivity index (χ1v) is 8.49. The second kappa shape index (κ2) is 8.26. The van der Waals surface area contributed by atoms with E-state index in [-0.39, 0.29) is 18.0 Å². The lowest BCUT2D eigenvalue weighted by Crippen LogP contribution is -2.35. The van der Waals surface area contributed by atoms with E-state index in [1.54, 1.807) is 24.4 Å². The number of aromatic nitrogens is 4. The molecular formula is C18H21N7O2. The molecule has 0 radical (unpaired) electrons. The molecule has 0 unspecified atom stereocenters. The van der Waals surface area contributed by atoms with E-state index < -0.39 is 0 Å². The minimum atomic E-state index is -0.260. The summed E-state index contributed by atoms with van der Waals surface area (Å²) in [6.45, 7) is 0.803. The number of para-hydroxylation sites is 1. The van der Waals surface area contributed by atoms with Gasteiger partial charge in [-0.2, -0.15) is 5.10 Å². The van der Waals surface area contributed by atoms with Gasteiger partial charge in [0.25, 0.3) is 5.56 Å². The van der Waals surface area contributed by atoms with E-state index in [9.17, 15) is 9.59 Å². The summed E-state index contributed by atoms with van der Waals surface area (Å²) in [6.07, 6.45) is 3.06. The van der Waals surface area contributed by atoms with Crippen molar-refractivity contribution in [3.05, 3.63) is 53.2 Å². The lowest BCUT2D eigenvalue weighted by Gasteiger charge is -2.13. The van der Waals surface area contributed by atoms with Crippen molar-refractivity contribution in [1.29, 1.82) is 0 Å². The summed E-state index contributed by atoms with van der Waals surface area (Å²) < 4.78 is 1.30. The minimum absolute atomic E-state index is 0.0768. The molecule has 9 nitrogen and oxygen atoms in total. The number of nitrogens with one attached hydrogen (secondary N) is 2. The van der Waals surface area contributed by atoms with Gasteiger partial charge >= 0.3 is 0 Å². The fourth-order valence-electron chi connectivity index (χ4n) is 2.51. The molecular weight excluding hydrogens is 346 g/mol. The van der Waals surface area contributed by atoms with Gasteiger partial charge in [0.15, 0.2) is 5.82 Å². The van der Waals surface area contributed by atoms with Gasteiger partial charge in [-0.3, -0.25) is 14.2 Å². The molecule has 3 aromatic rings. The number of benzene rings is 1. The van der Waals surface area contributed by atoms with Crippen LogP contribution in [-0.4, -0.2) is 52.8 Å². The summed E-state index contributed by atoms with van der Waals surface area (Å²) in [5, 5.41) is 14.3. The molecule has 27 heavy (non-hydrogen) atoms. The summed E-state index contributed by atoms with van der Waals surface area (Å²) >= 11 is 0. The van der Waals surface area contributed by atoms with Gasteiger partial charge in [-0.15, -0.1) is 5.10 Å². The third-order valence-corrected chi connectivity index (χ3v) is 3.96. The Morgan fingerprint density at radius 1 is 1.22 bits per heavy atom. The molecule has 1 amide bonds. The average Bonchev–Trinajstić information content (AvgIpc) is 2.68. The Morgan fingerprint density at radius 2 is 2.04 bits per heavy atom. The van der Waals surface area contributed by atoms with Crippen molar-refractivity contribution in [1.82, 2.24) is 25.1 Å². The van der Waals surface area contributed by atoms with Crippen LogP contribution in [0, 0.1) is 0 Å². The number of carbonyl (C=O) groups is 1. The van der Waals surface area contributed by atoms with E-state index in [1.165, 1.54) is 10.9 Å². The summed E-state index contributed by atoms with van der Waals surface area (Å²) in [4.78, 5) is 30.6. The molecule has 9 heteroatoms. The fraction of sp³-hybridized carbons (Fsp3) is 0.278. The third-order valence-electron chi connectivity index (χ3n) is 3.96. The standard InChI is InChI=1S/C18H21N7O2/c1-24(2)13-9-16(23-22-10-13)19-7-8-20-17(26)11-25-12-21-15-6-4-3-5-14(15)18(25)27/h3-6,9-10,12H,7-8,11H2,1-2H3,(H,19,23)(H,20,26). The molecule has 0 atom stereocenters. The van der Waals surface area contributed by atoms with Gasteiger partial charge in [0, 0.05) is 33.3 Å². The smallest absolute Gasteiger partial charge is 0.261 e. The van der Waals surface area contributed by atoms with Crippen LogP contribution in [0.3, 0.4) is 0 Å². The maximum absolute atomic E-state index is 12.4. The maximum Gasteiger partial charge on any atom is 0.261 e. The molecule has 0 aliphatic rings. The number of nitrogens with zero attached hydrogens (tertiary/aromatic N) is 5. The first-order chi connectivity index (χ1) is 13.0. The van der Waals surface area contributed by atoms with Crippen LogP contribution >= 0.6 is 0 Å². The highest BCUT2D eigenvalue weighted by Crippen LogP contribution is 2.12. The van der Waals surface area contributed by atoms with Crippen LogP contribution in [0.5, 0.6) is 0 Å². The molecule has 3 rings (SSSR count). The predicted octanol–water partition coefficient (Wildman–Crippen LogP) is 0.481. The number of rotatable bonds is 7. The minimum Gasteiger partial charge on any atom is -0.376 e. The van der Waals surface area contributed by atoms with Crippen molar-refractivity contribution in [3.63, 3.8) is 0 Å². The second-order valence-electron chi connectivity index (χ2n) is 6.16. The highest BCUT2D eigenvalue weighted by molar-refractivity contribution is 5.78. The molecule has 0 bridgehead atoms. The number of carbonyl (C=O) groups excluding carboxylic acids is 1. The zero-order valence-corrected chi connectivity index (χ0v) is 15.2. The van der Waals surface area contributed by atoms with E-state index in [0.717, 1.165) is 5.69 Å². The summed E-state index contributed by atoms with van der Waals surface area (Å²) in [6, 6.07) is 8.93. The van der Waals surface area contributed by atoms with Gasteiger partial charge in [-0.25, -0.2) is 4.98 Å². The van der Waals surface area contributed by atoms with Crippen molar-refractivity contribution in [3.8, 4) is 0 Å². The van der Waals surface area contributed by atoms with E-state index in [2.05, 4.69) is 25.8 Å². The van der Waals surface area contributed by atoms with Crippen LogP contribution in [0.2, 0.25) is 0 Å². The van der Waals surface area contributed by atoms with Crippen LogP contribution in [0.15, 0.2) is 47.7 Å². The first-order valence-electron chi connectivity index (χ1n) is 8.49. The molecule has 140 valence electrons. The van der Waals surface area contributed by atoms with Crippen molar-refractivity contribution in [2.24, 2.45) is 0 Å². The SMILES string of the molecule is CN(C)c1cnnc(NCCNC(=O)Cn2cnc3ccccc3c2=O)c1. The Labute approximate surface area is 156 Å². The Morgan fingerprint density at radius 3 is 2.85 bits per heavy atom. The number of anilines is 2. The van der Waals surface area contributed by atoms with Gasteiger partial charge in [-0.05, 0) is 12.1 Å². The lowest BCUT2D eigenvalue weighted by atomic mass is 10.2. The largest absolute Gasteiger partial charge is 0.376 e. The number of fused-ring (bicyclic) bond motifs is 1. The Hall–Kier alpha value is -3.49. The topological polar surface area (TPSA) is 105 Å². The molecule has 0 saturated heterocycles. The van der Waals surface area contributed by atoms with Gasteiger partial charge in [-0.1, -0.05) is 12.1 Å². The van der Waals surface area contributed by atoms with E-state index in [1.807, 2.05) is 31.1 Å². The van der Waals surface area contributed by atoms with Crippen molar-refractivity contribution in [2.75, 3.05) is 37.4 Å². The third kappa shape index (κ3) is 4.57. The first kappa shape index (κ1) is 18.3. The summed E-state index contributed by atoms with van der Waals surface area (Å²) in [5.41, 5.74) is 1.31. The van der Waals surface area contributed by atoms with Gasteiger partial charge in [0.2, 0.25) is 5.91 Å². The Kier molecular flexibility index (Phi) is 5.60. The van der Waals surface area contributed by atoms with Crippen LogP contribution in [0.25, 0.3) is 10.9 Å². The van der Waals surface area contributed by atoms with Gasteiger partial charge < -0.3 is 15.5 Å². The Bertz CT molecular complexity index is 1000. The number of amides is 1. The van der Waals surface area contributed by atoms with Crippen molar-refractivity contribution >= 4 is 28.3 Å². The number of hydrogen-bond acceptors (Lipinski definition) is 7. The van der Waals surface area contributed by atoms with Crippen LogP contribution in [-0.2, 0) is 11.3 Å². The molecule has 2 heterocycles. The van der Waals surface area contributed by atoms with Crippen LogP contribution in [0.4, 0.5) is 11.5 Å². The number of hydrogen-bond donors (Lipinski definition) is 2. The van der Waals surface area contributed by atoms with Crippen molar-refractivity contribution < 1.29 is 4.79 Å². The molecule has 2 aromatic heterocycles. The quantitative estimate of drug-likeness (QED) is 0.585. The zero-order valence-electron chi connectivity index (χ0n) is 15.2. The highest BCUT2D eigenvalue weighted by atomic mass is 16.2. The lowest BCUT2D eigenvalue weighted by molar-refractivity contribution is -0.121. The average molecular weight is 367 g/mol. The van der Waals surface area contributed by atoms with E-state index in [4.69, 9.17) is 0 Å². The zero-order chi connectivity index (χ0) is 19.2. The summed E-state index contributed by atoms with van der Waals surface area (Å²) in [7, 11) is 3.84. The van der Waals surface area contributed by atoms with Crippen molar-refractivity contribution in [2.45, 2.75) is 6.54 Å². The molecule has 0 aliphatic carbocycles. The predicted molar refractivity (Wildman–Crippen MR) is 104 cm³/mol. The van der Waals surface area contributed by atoms with Gasteiger partial charge in [0.1, 0.15) is 6.54 Å². The van der Waals surface area contributed by atoms with Crippen LogP contribution < -0.4 is 21.1 Å².